The number of rotatable bonds is 2. The van der Waals surface area contributed by atoms with Gasteiger partial charge in [0.2, 0.25) is 11.8 Å². The topological polar surface area (TPSA) is 78.8 Å². The first-order valence-corrected chi connectivity index (χ1v) is 8.62. The summed E-state index contributed by atoms with van der Waals surface area (Å²) < 4.78 is 13.2. The van der Waals surface area contributed by atoms with Gasteiger partial charge >= 0.3 is 0 Å². The van der Waals surface area contributed by atoms with Crippen LogP contribution < -0.4 is 5.32 Å². The molecule has 6 nitrogen and oxygen atoms in total. The molecule has 3 aliphatic heterocycles. The lowest BCUT2D eigenvalue weighted by molar-refractivity contribution is -0.127. The summed E-state index contributed by atoms with van der Waals surface area (Å²) in [5.74, 6) is -3.18. The Morgan fingerprint density at radius 3 is 2.48 bits per heavy atom. The molecule has 3 aliphatic rings. The van der Waals surface area contributed by atoms with Crippen LogP contribution in [0.1, 0.15) is 27.5 Å². The molecule has 0 radical (unpaired) electrons. The fourth-order valence-corrected chi connectivity index (χ4v) is 4.37. The third kappa shape index (κ3) is 2.17. The molecule has 3 heterocycles. The van der Waals surface area contributed by atoms with Crippen molar-refractivity contribution in [3.05, 3.63) is 71.0 Å². The lowest BCUT2D eigenvalue weighted by Gasteiger charge is -2.32. The summed E-state index contributed by atoms with van der Waals surface area (Å²) in [6, 6.07) is 11.3. The Hall–Kier alpha value is -3.35. The number of hydrogen-bond donors (Lipinski definition) is 1. The zero-order chi connectivity index (χ0) is 18.7. The lowest BCUT2D eigenvalue weighted by atomic mass is 9.83. The first-order valence-electron chi connectivity index (χ1n) is 8.62. The number of fused-ring (bicyclic) bond motifs is 5. The third-order valence-electron chi connectivity index (χ3n) is 5.53. The molecule has 2 fully saturated rings. The first kappa shape index (κ1) is 15.9. The standard InChI is InChI=1S/C20H14FN3O3/c21-12-7-5-10(6-8-12)18(25)17-15-14(19(26)23-20(15)27)16-13-4-2-1-3-11(13)9-22-24(16)17/h1-9,14-17H,(H,23,26,27). The van der Waals surface area contributed by atoms with Crippen LogP contribution in [0.25, 0.3) is 0 Å². The van der Waals surface area contributed by atoms with E-state index in [9.17, 15) is 18.8 Å². The highest BCUT2D eigenvalue weighted by Crippen LogP contribution is 2.50. The Balaban J connectivity index is 1.64. The maximum Gasteiger partial charge on any atom is 0.233 e. The van der Waals surface area contributed by atoms with Crippen LogP contribution in [0.4, 0.5) is 4.39 Å². The Morgan fingerprint density at radius 2 is 1.70 bits per heavy atom. The number of imide groups is 1. The molecular weight excluding hydrogens is 349 g/mol. The molecule has 0 saturated carbocycles. The minimum atomic E-state index is -0.915. The summed E-state index contributed by atoms with van der Waals surface area (Å²) in [5.41, 5.74) is 2.00. The molecule has 2 amide bonds. The number of carbonyl (C=O) groups is 3. The fraction of sp³-hybridized carbons (Fsp3) is 0.200. The van der Waals surface area contributed by atoms with Crippen molar-refractivity contribution in [1.29, 1.82) is 0 Å². The van der Waals surface area contributed by atoms with Gasteiger partial charge in [0.25, 0.3) is 0 Å². The summed E-state index contributed by atoms with van der Waals surface area (Å²) in [7, 11) is 0. The molecule has 4 atom stereocenters. The largest absolute Gasteiger partial charge is 0.296 e. The molecular formula is C20H14FN3O3. The average Bonchev–Trinajstić information content (AvgIpc) is 3.17. The number of amides is 2. The number of ketones is 1. The quantitative estimate of drug-likeness (QED) is 0.650. The third-order valence-corrected chi connectivity index (χ3v) is 5.53. The van der Waals surface area contributed by atoms with Crippen molar-refractivity contribution in [3.63, 3.8) is 0 Å². The monoisotopic (exact) mass is 363 g/mol. The first-order chi connectivity index (χ1) is 13.1. The van der Waals surface area contributed by atoms with E-state index in [1.54, 1.807) is 11.2 Å². The number of nitrogens with one attached hydrogen (secondary N) is 1. The van der Waals surface area contributed by atoms with Crippen LogP contribution in [0, 0.1) is 17.7 Å². The van der Waals surface area contributed by atoms with Gasteiger partial charge in [0.1, 0.15) is 11.9 Å². The van der Waals surface area contributed by atoms with E-state index in [-0.39, 0.29) is 17.3 Å². The van der Waals surface area contributed by atoms with E-state index < -0.39 is 35.6 Å². The minimum absolute atomic E-state index is 0.280. The van der Waals surface area contributed by atoms with Gasteiger partial charge in [-0.15, -0.1) is 0 Å². The highest BCUT2D eigenvalue weighted by molar-refractivity contribution is 6.12. The van der Waals surface area contributed by atoms with Gasteiger partial charge in [0, 0.05) is 5.56 Å². The molecule has 2 aromatic carbocycles. The van der Waals surface area contributed by atoms with Gasteiger partial charge in [0.15, 0.2) is 5.78 Å². The fourth-order valence-electron chi connectivity index (χ4n) is 4.37. The number of nitrogens with zero attached hydrogens (tertiary/aromatic N) is 2. The van der Waals surface area contributed by atoms with Crippen molar-refractivity contribution >= 4 is 23.8 Å². The van der Waals surface area contributed by atoms with Gasteiger partial charge in [-0.2, -0.15) is 5.10 Å². The summed E-state index contributed by atoms with van der Waals surface area (Å²) >= 11 is 0. The molecule has 2 saturated heterocycles. The molecule has 0 bridgehead atoms. The van der Waals surface area contributed by atoms with E-state index in [0.29, 0.717) is 0 Å². The van der Waals surface area contributed by atoms with Gasteiger partial charge in [-0.3, -0.25) is 24.7 Å². The molecule has 27 heavy (non-hydrogen) atoms. The van der Waals surface area contributed by atoms with E-state index >= 15 is 0 Å². The van der Waals surface area contributed by atoms with E-state index in [4.69, 9.17) is 0 Å². The second kappa shape index (κ2) is 5.57. The van der Waals surface area contributed by atoms with Crippen molar-refractivity contribution in [2.24, 2.45) is 16.9 Å². The Kier molecular flexibility index (Phi) is 3.28. The van der Waals surface area contributed by atoms with Crippen LogP contribution in [0.5, 0.6) is 0 Å². The van der Waals surface area contributed by atoms with Gasteiger partial charge in [-0.1, -0.05) is 24.3 Å². The number of Topliss-reactive ketones (excluding diaryl/α,β-unsaturated/α-hetero) is 1. The smallest absolute Gasteiger partial charge is 0.233 e. The molecule has 2 aromatic rings. The van der Waals surface area contributed by atoms with Crippen LogP contribution in [-0.2, 0) is 9.59 Å². The average molecular weight is 363 g/mol. The number of benzene rings is 2. The van der Waals surface area contributed by atoms with Crippen LogP contribution >= 0.6 is 0 Å². The molecule has 0 spiro atoms. The second-order valence-corrected chi connectivity index (χ2v) is 6.92. The zero-order valence-electron chi connectivity index (χ0n) is 14.0. The number of carbonyl (C=O) groups excluding carboxylic acids is 3. The molecule has 7 heteroatoms. The molecule has 134 valence electrons. The van der Waals surface area contributed by atoms with E-state index in [2.05, 4.69) is 10.4 Å². The van der Waals surface area contributed by atoms with Crippen LogP contribution in [0.2, 0.25) is 0 Å². The Labute approximate surface area is 153 Å². The maximum absolute atomic E-state index is 13.2. The summed E-state index contributed by atoms with van der Waals surface area (Å²) in [4.78, 5) is 38.2. The second-order valence-electron chi connectivity index (χ2n) is 6.92. The van der Waals surface area contributed by atoms with Crippen LogP contribution in [0.3, 0.4) is 0 Å². The summed E-state index contributed by atoms with van der Waals surface area (Å²) in [6.45, 7) is 0. The molecule has 0 aromatic heterocycles. The number of hydrogen-bond acceptors (Lipinski definition) is 5. The van der Waals surface area contributed by atoms with Crippen molar-refractivity contribution in [3.8, 4) is 0 Å². The predicted molar refractivity (Wildman–Crippen MR) is 93.3 cm³/mol. The normalized spacial score (nSPS) is 27.8. The van der Waals surface area contributed by atoms with Crippen LogP contribution in [0.15, 0.2) is 53.6 Å². The molecule has 1 N–H and O–H groups in total. The van der Waals surface area contributed by atoms with Crippen molar-refractivity contribution in [2.75, 3.05) is 0 Å². The van der Waals surface area contributed by atoms with E-state index in [0.717, 1.165) is 11.1 Å². The zero-order valence-corrected chi connectivity index (χ0v) is 14.0. The Morgan fingerprint density at radius 1 is 1.00 bits per heavy atom. The number of halogens is 1. The molecule has 4 unspecified atom stereocenters. The van der Waals surface area contributed by atoms with Gasteiger partial charge < -0.3 is 0 Å². The highest BCUT2D eigenvalue weighted by atomic mass is 19.1. The van der Waals surface area contributed by atoms with Crippen molar-refractivity contribution in [1.82, 2.24) is 10.3 Å². The predicted octanol–water partition coefficient (Wildman–Crippen LogP) is 1.67. The van der Waals surface area contributed by atoms with Crippen molar-refractivity contribution in [2.45, 2.75) is 12.1 Å². The SMILES string of the molecule is O=C1NC(=O)C2C1C(C(=O)c1ccc(F)cc1)N1N=Cc3ccccc3C21. The van der Waals surface area contributed by atoms with Gasteiger partial charge in [-0.05, 0) is 35.4 Å². The van der Waals surface area contributed by atoms with E-state index in [1.165, 1.54) is 24.3 Å². The molecule has 5 rings (SSSR count). The van der Waals surface area contributed by atoms with Crippen molar-refractivity contribution < 1.29 is 18.8 Å². The molecule has 0 aliphatic carbocycles. The summed E-state index contributed by atoms with van der Waals surface area (Å²) in [5, 5.41) is 8.34. The minimum Gasteiger partial charge on any atom is -0.296 e. The van der Waals surface area contributed by atoms with E-state index in [1.807, 2.05) is 24.3 Å². The Bertz CT molecular complexity index is 1020. The van der Waals surface area contributed by atoms with Gasteiger partial charge in [-0.25, -0.2) is 4.39 Å². The summed E-state index contributed by atoms with van der Waals surface area (Å²) in [6.07, 6.45) is 1.64. The van der Waals surface area contributed by atoms with Crippen LogP contribution in [-0.4, -0.2) is 34.9 Å². The highest BCUT2D eigenvalue weighted by Gasteiger charge is 2.62. The lowest BCUT2D eigenvalue weighted by Crippen LogP contribution is -2.43. The number of hydrazone groups is 1. The van der Waals surface area contributed by atoms with Gasteiger partial charge in [0.05, 0.1) is 24.1 Å². The maximum atomic E-state index is 13.2.